The molecule has 1 aromatic rings. The minimum Gasteiger partial charge on any atom is -0.389 e. The van der Waals surface area contributed by atoms with Crippen LogP contribution in [0.5, 0.6) is 0 Å². The van der Waals surface area contributed by atoms with E-state index in [4.69, 9.17) is 0 Å². The maximum absolute atomic E-state index is 9.47. The molecule has 1 N–H and O–H groups in total. The third kappa shape index (κ3) is 3.50. The Labute approximate surface area is 86.0 Å². The molecule has 1 atom stereocenters. The number of hydrogen-bond donors (Lipinski definition) is 1. The second-order valence-corrected chi connectivity index (χ2v) is 3.76. The van der Waals surface area contributed by atoms with Crippen LogP contribution in [0.2, 0.25) is 0 Å². The van der Waals surface area contributed by atoms with Crippen LogP contribution < -0.4 is 4.57 Å². The monoisotopic (exact) mass is 197 g/mol. The summed E-state index contributed by atoms with van der Waals surface area (Å²) in [4.78, 5) is 0. The van der Waals surface area contributed by atoms with Crippen LogP contribution in [0.25, 0.3) is 0 Å². The number of aliphatic hydroxyl groups is 1. The number of nitrogens with zero attached hydrogens (tertiary/aromatic N) is 2. The molecule has 1 rings (SSSR count). The molecule has 80 valence electrons. The van der Waals surface area contributed by atoms with E-state index in [1.54, 1.807) is 0 Å². The lowest BCUT2D eigenvalue weighted by Gasteiger charge is -2.02. The van der Waals surface area contributed by atoms with Crippen molar-refractivity contribution >= 4 is 0 Å². The Morgan fingerprint density at radius 1 is 1.43 bits per heavy atom. The number of hydrogen-bond acceptors (Lipinski definition) is 1. The van der Waals surface area contributed by atoms with Gasteiger partial charge in [-0.05, 0) is 12.8 Å². The molecule has 0 aromatic carbocycles. The summed E-state index contributed by atoms with van der Waals surface area (Å²) >= 11 is 0. The van der Waals surface area contributed by atoms with Gasteiger partial charge in [-0.25, -0.2) is 9.13 Å². The van der Waals surface area contributed by atoms with E-state index in [1.807, 2.05) is 17.7 Å². The normalized spacial score (nSPS) is 13.1. The summed E-state index contributed by atoms with van der Waals surface area (Å²) in [5.41, 5.74) is 0. The Morgan fingerprint density at radius 3 is 2.86 bits per heavy atom. The van der Waals surface area contributed by atoms with Crippen molar-refractivity contribution in [3.63, 3.8) is 0 Å². The van der Waals surface area contributed by atoms with Gasteiger partial charge in [-0.15, -0.1) is 0 Å². The summed E-state index contributed by atoms with van der Waals surface area (Å²) in [6.45, 7) is 5.97. The molecule has 14 heavy (non-hydrogen) atoms. The van der Waals surface area contributed by atoms with E-state index < -0.39 is 0 Å². The first kappa shape index (κ1) is 11.2. The average molecular weight is 197 g/mol. The van der Waals surface area contributed by atoms with Gasteiger partial charge in [0.2, 0.25) is 6.33 Å². The van der Waals surface area contributed by atoms with Crippen LogP contribution in [0.4, 0.5) is 0 Å². The topological polar surface area (TPSA) is 29.0 Å². The highest BCUT2D eigenvalue weighted by Gasteiger charge is 2.07. The van der Waals surface area contributed by atoms with Crippen molar-refractivity contribution in [1.82, 2.24) is 4.57 Å². The number of imidazole rings is 1. The predicted molar refractivity (Wildman–Crippen MR) is 55.8 cm³/mol. The lowest BCUT2D eigenvalue weighted by atomic mass is 10.3. The molecule has 0 saturated heterocycles. The number of aromatic nitrogens is 2. The van der Waals surface area contributed by atoms with Crippen LogP contribution in [-0.4, -0.2) is 15.8 Å². The highest BCUT2D eigenvalue weighted by Crippen LogP contribution is 1.94. The van der Waals surface area contributed by atoms with E-state index >= 15 is 0 Å². The summed E-state index contributed by atoms with van der Waals surface area (Å²) in [5, 5.41) is 9.47. The maximum atomic E-state index is 9.47. The molecule has 3 heteroatoms. The van der Waals surface area contributed by atoms with E-state index in [1.165, 1.54) is 12.8 Å². The second kappa shape index (κ2) is 5.81. The Morgan fingerprint density at radius 2 is 2.21 bits per heavy atom. The molecule has 0 fully saturated rings. The van der Waals surface area contributed by atoms with Crippen LogP contribution in [-0.2, 0) is 13.1 Å². The van der Waals surface area contributed by atoms with Gasteiger partial charge in [0, 0.05) is 0 Å². The van der Waals surface area contributed by atoms with Crippen molar-refractivity contribution in [2.75, 3.05) is 0 Å². The number of unbranched alkanes of at least 4 members (excludes halogenated alkanes) is 1. The molecular formula is C11H21N2O+. The highest BCUT2D eigenvalue weighted by atomic mass is 16.3. The smallest absolute Gasteiger partial charge is 0.243 e. The molecule has 0 aliphatic carbocycles. The molecule has 0 saturated carbocycles. The van der Waals surface area contributed by atoms with Gasteiger partial charge in [0.1, 0.15) is 18.9 Å². The van der Waals surface area contributed by atoms with Crippen LogP contribution in [0.15, 0.2) is 18.7 Å². The van der Waals surface area contributed by atoms with Crippen molar-refractivity contribution < 1.29 is 9.67 Å². The van der Waals surface area contributed by atoms with Gasteiger partial charge in [-0.1, -0.05) is 20.3 Å². The fourth-order valence-corrected chi connectivity index (χ4v) is 1.39. The molecule has 0 aliphatic heterocycles. The molecular weight excluding hydrogens is 176 g/mol. The molecule has 0 aliphatic rings. The van der Waals surface area contributed by atoms with Gasteiger partial charge in [-0.3, -0.25) is 0 Å². The molecule has 1 aromatic heterocycles. The maximum Gasteiger partial charge on any atom is 0.243 e. The molecule has 0 spiro atoms. The predicted octanol–water partition coefficient (Wildman–Crippen LogP) is 1.35. The summed E-state index contributed by atoms with van der Waals surface area (Å²) in [6, 6.07) is 0. The Balaban J connectivity index is 2.42. The van der Waals surface area contributed by atoms with Crippen LogP contribution >= 0.6 is 0 Å². The second-order valence-electron chi connectivity index (χ2n) is 3.76. The molecule has 1 heterocycles. The van der Waals surface area contributed by atoms with Crippen molar-refractivity contribution in [2.45, 2.75) is 52.3 Å². The summed E-state index contributed by atoms with van der Waals surface area (Å²) in [7, 11) is 0. The fraction of sp³-hybridized carbons (Fsp3) is 0.727. The molecule has 3 nitrogen and oxygen atoms in total. The van der Waals surface area contributed by atoms with Crippen molar-refractivity contribution in [3.8, 4) is 0 Å². The van der Waals surface area contributed by atoms with E-state index in [-0.39, 0.29) is 6.10 Å². The number of aryl methyl sites for hydroxylation is 1. The van der Waals surface area contributed by atoms with Crippen LogP contribution in [0.3, 0.4) is 0 Å². The lowest BCUT2D eigenvalue weighted by Crippen LogP contribution is -2.37. The zero-order valence-electron chi connectivity index (χ0n) is 9.19. The molecule has 0 radical (unpaired) electrons. The van der Waals surface area contributed by atoms with E-state index in [0.29, 0.717) is 6.54 Å². The molecule has 0 unspecified atom stereocenters. The van der Waals surface area contributed by atoms with Gasteiger partial charge < -0.3 is 5.11 Å². The highest BCUT2D eigenvalue weighted by molar-refractivity contribution is 4.66. The van der Waals surface area contributed by atoms with Crippen molar-refractivity contribution in [1.29, 1.82) is 0 Å². The third-order valence-corrected chi connectivity index (χ3v) is 2.41. The Bertz CT molecular complexity index is 258. The van der Waals surface area contributed by atoms with E-state index in [9.17, 15) is 5.11 Å². The zero-order chi connectivity index (χ0) is 10.4. The summed E-state index contributed by atoms with van der Waals surface area (Å²) in [6.07, 6.45) is 9.18. The Hall–Kier alpha value is -0.830. The number of rotatable bonds is 6. The van der Waals surface area contributed by atoms with Gasteiger partial charge >= 0.3 is 0 Å². The molecule has 0 amide bonds. The Kier molecular flexibility index (Phi) is 4.66. The summed E-state index contributed by atoms with van der Waals surface area (Å²) < 4.78 is 4.22. The molecule has 0 bridgehead atoms. The van der Waals surface area contributed by atoms with Gasteiger partial charge in [0.05, 0.1) is 12.6 Å². The largest absolute Gasteiger partial charge is 0.389 e. The quantitative estimate of drug-likeness (QED) is 0.685. The van der Waals surface area contributed by atoms with Crippen molar-refractivity contribution in [2.24, 2.45) is 0 Å². The van der Waals surface area contributed by atoms with Crippen molar-refractivity contribution in [3.05, 3.63) is 18.7 Å². The standard InChI is InChI=1S/C11H21N2O/c1-3-5-6-12-7-8-13(10-12)9-11(14)4-2/h7-8,10-11,14H,3-6,9H2,1-2H3/q+1/t11-/m0/s1. The SMILES string of the molecule is CCCCn1cc[n+](C[C@@H](O)CC)c1. The minimum atomic E-state index is -0.220. The van der Waals surface area contributed by atoms with Crippen LogP contribution in [0, 0.1) is 0 Å². The number of aliphatic hydroxyl groups excluding tert-OH is 1. The van der Waals surface area contributed by atoms with E-state index in [2.05, 4.69) is 24.0 Å². The van der Waals surface area contributed by atoms with Crippen LogP contribution in [0.1, 0.15) is 33.1 Å². The van der Waals surface area contributed by atoms with Gasteiger partial charge in [0.25, 0.3) is 0 Å². The third-order valence-electron chi connectivity index (χ3n) is 2.41. The fourth-order valence-electron chi connectivity index (χ4n) is 1.39. The average Bonchev–Trinajstić information content (AvgIpc) is 2.62. The first-order valence-corrected chi connectivity index (χ1v) is 5.49. The minimum absolute atomic E-state index is 0.220. The van der Waals surface area contributed by atoms with Gasteiger partial charge in [0.15, 0.2) is 0 Å². The van der Waals surface area contributed by atoms with E-state index in [0.717, 1.165) is 13.0 Å². The summed E-state index contributed by atoms with van der Waals surface area (Å²) in [5.74, 6) is 0. The first-order valence-electron chi connectivity index (χ1n) is 5.49. The van der Waals surface area contributed by atoms with Gasteiger partial charge in [-0.2, -0.15) is 0 Å². The first-order chi connectivity index (χ1) is 6.76. The zero-order valence-corrected chi connectivity index (χ0v) is 9.19. The lowest BCUT2D eigenvalue weighted by molar-refractivity contribution is -0.703.